The van der Waals surface area contributed by atoms with Crippen LogP contribution in [0.2, 0.25) is 10.0 Å². The van der Waals surface area contributed by atoms with Gasteiger partial charge in [0.2, 0.25) is 5.91 Å². The molecule has 2 aliphatic rings. The van der Waals surface area contributed by atoms with Gasteiger partial charge in [0.25, 0.3) is 5.91 Å². The molecule has 0 spiro atoms. The van der Waals surface area contributed by atoms with Gasteiger partial charge in [0, 0.05) is 78.1 Å². The maximum Gasteiger partial charge on any atom is 0.275 e. The van der Waals surface area contributed by atoms with Gasteiger partial charge in [0.15, 0.2) is 5.69 Å². The van der Waals surface area contributed by atoms with Gasteiger partial charge in [-0.15, -0.1) is 0 Å². The number of halogens is 3. The molecule has 0 radical (unpaired) electrons. The van der Waals surface area contributed by atoms with E-state index in [9.17, 15) is 14.0 Å². The van der Waals surface area contributed by atoms with Crippen LogP contribution in [-0.4, -0.2) is 80.9 Å². The Morgan fingerprint density at radius 3 is 2.65 bits per heavy atom. The Hall–Kier alpha value is -2.94. The highest BCUT2D eigenvalue weighted by molar-refractivity contribution is 6.34. The van der Waals surface area contributed by atoms with Crippen molar-refractivity contribution < 1.29 is 14.0 Å². The standard InChI is InChI=1S/C27H28Cl2FN5O2/c1-4-24(36)34-15-18(17(34)3)14-32-9-10-33(13-16(32)2)27(37)26-25(21-12-20(30)5-6-22(21)29)23-11-19(28)7-8-35(23)31-26/h4-8,11-12,16-18H,1,9-10,13-15H2,2-3H3/t16-,17+,18?/m0/s1. The smallest absolute Gasteiger partial charge is 0.275 e. The second-order valence-electron chi connectivity index (χ2n) is 9.81. The number of nitrogens with zero attached hydrogens (tertiary/aromatic N) is 5. The van der Waals surface area contributed by atoms with Gasteiger partial charge in [-0.05, 0) is 50.3 Å². The first kappa shape index (κ1) is 25.7. The molecule has 0 bridgehead atoms. The largest absolute Gasteiger partial charge is 0.336 e. The van der Waals surface area contributed by atoms with E-state index in [2.05, 4.69) is 30.4 Å². The Morgan fingerprint density at radius 2 is 1.95 bits per heavy atom. The number of carbonyl (C=O) groups excluding carboxylic acids is 2. The van der Waals surface area contributed by atoms with E-state index in [0.717, 1.165) is 13.1 Å². The van der Waals surface area contributed by atoms with Crippen LogP contribution >= 0.6 is 23.2 Å². The zero-order valence-corrected chi connectivity index (χ0v) is 22.2. The van der Waals surface area contributed by atoms with Crippen LogP contribution in [0.1, 0.15) is 24.3 Å². The summed E-state index contributed by atoms with van der Waals surface area (Å²) in [5.41, 5.74) is 1.64. The molecule has 3 aromatic rings. The average Bonchev–Trinajstić information content (AvgIpc) is 3.25. The molecule has 194 valence electrons. The molecule has 7 nitrogen and oxygen atoms in total. The van der Waals surface area contributed by atoms with Crippen molar-refractivity contribution in [1.29, 1.82) is 0 Å². The van der Waals surface area contributed by atoms with Gasteiger partial charge in [-0.25, -0.2) is 8.91 Å². The molecule has 1 aromatic carbocycles. The van der Waals surface area contributed by atoms with Crippen molar-refractivity contribution >= 4 is 40.5 Å². The van der Waals surface area contributed by atoms with Gasteiger partial charge < -0.3 is 9.80 Å². The average molecular weight is 544 g/mol. The fraction of sp³-hybridized carbons (Fsp3) is 0.370. The number of likely N-dealkylation sites (tertiary alicyclic amines) is 1. The zero-order chi connectivity index (χ0) is 26.4. The lowest BCUT2D eigenvalue weighted by atomic mass is 9.88. The fourth-order valence-corrected chi connectivity index (χ4v) is 5.70. The first-order chi connectivity index (χ1) is 17.7. The number of aromatic nitrogens is 2. The number of carbonyl (C=O) groups is 2. The highest BCUT2D eigenvalue weighted by atomic mass is 35.5. The second-order valence-corrected chi connectivity index (χ2v) is 10.7. The fourth-order valence-electron chi connectivity index (χ4n) is 5.33. The lowest BCUT2D eigenvalue weighted by Crippen LogP contribution is -2.62. The van der Waals surface area contributed by atoms with Crippen molar-refractivity contribution in [1.82, 2.24) is 24.3 Å². The SMILES string of the molecule is C=CC(=O)N1CC(CN2CCN(C(=O)c3nn4ccc(Cl)cc4c3-c3cc(F)ccc3Cl)C[C@@H]2C)[C@H]1C. The van der Waals surface area contributed by atoms with Crippen LogP contribution in [-0.2, 0) is 4.79 Å². The number of hydrogen-bond donors (Lipinski definition) is 0. The van der Waals surface area contributed by atoms with Gasteiger partial charge >= 0.3 is 0 Å². The number of hydrogen-bond acceptors (Lipinski definition) is 4. The molecule has 2 fully saturated rings. The van der Waals surface area contributed by atoms with E-state index < -0.39 is 5.82 Å². The summed E-state index contributed by atoms with van der Waals surface area (Å²) in [4.78, 5) is 31.7. The molecule has 5 rings (SSSR count). The molecule has 4 heterocycles. The second kappa shape index (κ2) is 10.1. The Balaban J connectivity index is 1.37. The third-order valence-corrected chi connectivity index (χ3v) is 8.15. The quantitative estimate of drug-likeness (QED) is 0.440. The zero-order valence-electron chi connectivity index (χ0n) is 20.7. The molecular weight excluding hydrogens is 516 g/mol. The first-order valence-corrected chi connectivity index (χ1v) is 13.0. The van der Waals surface area contributed by atoms with E-state index in [-0.39, 0.29) is 29.6 Å². The molecule has 0 aliphatic carbocycles. The van der Waals surface area contributed by atoms with Gasteiger partial charge in [-0.2, -0.15) is 5.10 Å². The molecule has 2 aromatic heterocycles. The molecule has 0 saturated carbocycles. The molecule has 2 amide bonds. The van der Waals surface area contributed by atoms with E-state index >= 15 is 0 Å². The number of benzene rings is 1. The Kier molecular flexibility index (Phi) is 7.00. The van der Waals surface area contributed by atoms with Crippen LogP contribution in [0.4, 0.5) is 4.39 Å². The van der Waals surface area contributed by atoms with E-state index in [1.165, 1.54) is 24.3 Å². The van der Waals surface area contributed by atoms with Crippen molar-refractivity contribution in [2.75, 3.05) is 32.7 Å². The van der Waals surface area contributed by atoms with Crippen LogP contribution in [0.5, 0.6) is 0 Å². The van der Waals surface area contributed by atoms with Crippen molar-refractivity contribution in [3.8, 4) is 11.1 Å². The Bertz CT molecular complexity index is 1390. The minimum Gasteiger partial charge on any atom is -0.336 e. The summed E-state index contributed by atoms with van der Waals surface area (Å²) in [5, 5.41) is 5.35. The predicted molar refractivity (Wildman–Crippen MR) is 142 cm³/mol. The van der Waals surface area contributed by atoms with Crippen LogP contribution < -0.4 is 0 Å². The minimum absolute atomic E-state index is 0.0323. The Labute approximate surface area is 225 Å². The van der Waals surface area contributed by atoms with Crippen LogP contribution in [0.25, 0.3) is 16.6 Å². The van der Waals surface area contributed by atoms with Gasteiger partial charge in [0.1, 0.15) is 5.82 Å². The monoisotopic (exact) mass is 543 g/mol. The third kappa shape index (κ3) is 4.74. The van der Waals surface area contributed by atoms with Crippen LogP contribution in [0.15, 0.2) is 49.2 Å². The maximum absolute atomic E-state index is 14.2. The van der Waals surface area contributed by atoms with Crippen LogP contribution in [0.3, 0.4) is 0 Å². The number of piperazine rings is 1. The van der Waals surface area contributed by atoms with Gasteiger partial charge in [-0.3, -0.25) is 14.5 Å². The summed E-state index contributed by atoms with van der Waals surface area (Å²) >= 11 is 12.7. The van der Waals surface area contributed by atoms with Gasteiger partial charge in [0.05, 0.1) is 5.52 Å². The molecule has 1 unspecified atom stereocenters. The van der Waals surface area contributed by atoms with E-state index in [0.29, 0.717) is 52.2 Å². The topological polar surface area (TPSA) is 61.2 Å². The summed E-state index contributed by atoms with van der Waals surface area (Å²) in [6.07, 6.45) is 3.03. The summed E-state index contributed by atoms with van der Waals surface area (Å²) in [6, 6.07) is 7.74. The molecule has 2 saturated heterocycles. The Morgan fingerprint density at radius 1 is 1.16 bits per heavy atom. The summed E-state index contributed by atoms with van der Waals surface area (Å²) < 4.78 is 15.8. The molecule has 0 N–H and O–H groups in total. The number of pyridine rings is 1. The number of rotatable bonds is 5. The van der Waals surface area contributed by atoms with Crippen LogP contribution in [0, 0.1) is 11.7 Å². The molecule has 10 heteroatoms. The highest BCUT2D eigenvalue weighted by Crippen LogP contribution is 2.36. The first-order valence-electron chi connectivity index (χ1n) is 12.3. The third-order valence-electron chi connectivity index (χ3n) is 7.58. The summed E-state index contributed by atoms with van der Waals surface area (Å²) in [7, 11) is 0. The van der Waals surface area contributed by atoms with E-state index in [1.807, 2.05) is 4.90 Å². The molecule has 3 atom stereocenters. The van der Waals surface area contributed by atoms with Crippen molar-refractivity contribution in [2.24, 2.45) is 5.92 Å². The van der Waals surface area contributed by atoms with Crippen molar-refractivity contribution in [2.45, 2.75) is 25.9 Å². The molecule has 37 heavy (non-hydrogen) atoms. The summed E-state index contributed by atoms with van der Waals surface area (Å²) in [5.74, 6) is -0.338. The molecular formula is C27H28Cl2FN5O2. The summed E-state index contributed by atoms with van der Waals surface area (Å²) in [6.45, 7) is 11.1. The van der Waals surface area contributed by atoms with Crippen molar-refractivity contribution in [3.05, 3.63) is 70.7 Å². The predicted octanol–water partition coefficient (Wildman–Crippen LogP) is 4.63. The lowest BCUT2D eigenvalue weighted by Gasteiger charge is -2.50. The lowest BCUT2D eigenvalue weighted by molar-refractivity contribution is -0.138. The van der Waals surface area contributed by atoms with E-state index in [4.69, 9.17) is 23.2 Å². The minimum atomic E-state index is -0.458. The van der Waals surface area contributed by atoms with Crippen molar-refractivity contribution in [3.63, 3.8) is 0 Å². The number of amides is 2. The number of fused-ring (bicyclic) bond motifs is 1. The maximum atomic E-state index is 14.2. The normalized spacial score (nSPS) is 22.2. The highest BCUT2D eigenvalue weighted by Gasteiger charge is 2.40. The van der Waals surface area contributed by atoms with E-state index in [1.54, 1.807) is 27.7 Å². The van der Waals surface area contributed by atoms with Gasteiger partial charge in [-0.1, -0.05) is 29.8 Å². The molecule has 2 aliphatic heterocycles.